The zero-order valence-corrected chi connectivity index (χ0v) is 20.1. The van der Waals surface area contributed by atoms with Crippen molar-refractivity contribution >= 4 is 35.1 Å². The Balaban J connectivity index is 1.49. The third-order valence-electron chi connectivity index (χ3n) is 5.63. The van der Waals surface area contributed by atoms with Crippen LogP contribution in [-0.2, 0) is 4.79 Å². The standard InChI is InChI=1S/C25H27ClN6O3/c1-17(33)27-9-10-28-22-16-23(30-24(29-22)18-5-3-2-4-6-18)31-11-13-32(14-12-31)25(35)20-15-19(26)7-8-21(20)34/h2-8,15-16,34H,9-14H2,1H3,(H,27,33)(H,28,29,30). The van der Waals surface area contributed by atoms with Gasteiger partial charge in [0.05, 0.1) is 5.56 Å². The van der Waals surface area contributed by atoms with Crippen molar-refractivity contribution in [3.63, 3.8) is 0 Å². The summed E-state index contributed by atoms with van der Waals surface area (Å²) in [6.07, 6.45) is 0. The van der Waals surface area contributed by atoms with Crippen molar-refractivity contribution in [3.8, 4) is 17.1 Å². The van der Waals surface area contributed by atoms with E-state index in [0.717, 1.165) is 11.4 Å². The molecular weight excluding hydrogens is 468 g/mol. The highest BCUT2D eigenvalue weighted by Crippen LogP contribution is 2.26. The number of phenols is 1. The summed E-state index contributed by atoms with van der Waals surface area (Å²) in [6, 6.07) is 16.1. The second kappa shape index (κ2) is 11.1. The molecule has 0 unspecified atom stereocenters. The van der Waals surface area contributed by atoms with E-state index in [1.807, 2.05) is 36.4 Å². The minimum Gasteiger partial charge on any atom is -0.507 e. The molecule has 0 atom stereocenters. The quantitative estimate of drug-likeness (QED) is 0.433. The summed E-state index contributed by atoms with van der Waals surface area (Å²) in [5, 5.41) is 16.5. The average Bonchev–Trinajstić information content (AvgIpc) is 2.88. The fraction of sp³-hybridized carbons (Fsp3) is 0.280. The number of hydrogen-bond donors (Lipinski definition) is 3. The minimum absolute atomic E-state index is 0.0832. The van der Waals surface area contributed by atoms with Crippen molar-refractivity contribution < 1.29 is 14.7 Å². The number of aromatic nitrogens is 2. The summed E-state index contributed by atoms with van der Waals surface area (Å²) in [6.45, 7) is 4.57. The SMILES string of the molecule is CC(=O)NCCNc1cc(N2CCN(C(=O)c3cc(Cl)ccc3O)CC2)nc(-c2ccccc2)n1. The van der Waals surface area contributed by atoms with Gasteiger partial charge in [-0.25, -0.2) is 9.97 Å². The minimum atomic E-state index is -0.252. The highest BCUT2D eigenvalue weighted by molar-refractivity contribution is 6.31. The number of nitrogens with zero attached hydrogens (tertiary/aromatic N) is 4. The van der Waals surface area contributed by atoms with E-state index in [-0.39, 0.29) is 23.1 Å². The van der Waals surface area contributed by atoms with Gasteiger partial charge in [-0.2, -0.15) is 0 Å². The van der Waals surface area contributed by atoms with Gasteiger partial charge < -0.3 is 25.5 Å². The summed E-state index contributed by atoms with van der Waals surface area (Å²) in [4.78, 5) is 37.3. The largest absolute Gasteiger partial charge is 0.507 e. The van der Waals surface area contributed by atoms with Crippen LogP contribution in [0.15, 0.2) is 54.6 Å². The number of hydrogen-bond acceptors (Lipinski definition) is 7. The van der Waals surface area contributed by atoms with Crippen molar-refractivity contribution in [1.29, 1.82) is 0 Å². The van der Waals surface area contributed by atoms with E-state index in [1.165, 1.54) is 19.1 Å². The van der Waals surface area contributed by atoms with Crippen LogP contribution in [0.5, 0.6) is 5.75 Å². The number of piperazine rings is 1. The maximum Gasteiger partial charge on any atom is 0.257 e. The lowest BCUT2D eigenvalue weighted by atomic mass is 10.1. The van der Waals surface area contributed by atoms with E-state index in [4.69, 9.17) is 16.6 Å². The van der Waals surface area contributed by atoms with Crippen molar-refractivity contribution in [3.05, 3.63) is 65.2 Å². The first-order chi connectivity index (χ1) is 16.9. The van der Waals surface area contributed by atoms with Crippen LogP contribution in [0.4, 0.5) is 11.6 Å². The van der Waals surface area contributed by atoms with Gasteiger partial charge in [0.2, 0.25) is 5.91 Å². The van der Waals surface area contributed by atoms with Gasteiger partial charge >= 0.3 is 0 Å². The van der Waals surface area contributed by atoms with Crippen molar-refractivity contribution in [2.75, 3.05) is 49.5 Å². The molecule has 2 aromatic carbocycles. The number of aromatic hydroxyl groups is 1. The lowest BCUT2D eigenvalue weighted by molar-refractivity contribution is -0.118. The van der Waals surface area contributed by atoms with Crippen LogP contribution in [-0.4, -0.2) is 71.1 Å². The number of benzene rings is 2. The van der Waals surface area contributed by atoms with E-state index in [1.54, 1.807) is 11.0 Å². The normalized spacial score (nSPS) is 13.4. The molecule has 0 aliphatic carbocycles. The van der Waals surface area contributed by atoms with E-state index >= 15 is 0 Å². The molecule has 1 saturated heterocycles. The Hall–Kier alpha value is -3.85. The van der Waals surface area contributed by atoms with Gasteiger partial charge in [0, 0.05) is 62.8 Å². The summed E-state index contributed by atoms with van der Waals surface area (Å²) in [7, 11) is 0. The first-order valence-corrected chi connectivity index (χ1v) is 11.7. The monoisotopic (exact) mass is 494 g/mol. The van der Waals surface area contributed by atoms with Crippen molar-refractivity contribution in [2.45, 2.75) is 6.92 Å². The van der Waals surface area contributed by atoms with Gasteiger partial charge in [0.25, 0.3) is 5.91 Å². The van der Waals surface area contributed by atoms with Gasteiger partial charge in [-0.1, -0.05) is 41.9 Å². The second-order valence-corrected chi connectivity index (χ2v) is 8.59. The highest BCUT2D eigenvalue weighted by atomic mass is 35.5. The molecule has 2 heterocycles. The van der Waals surface area contributed by atoms with Crippen molar-refractivity contribution in [1.82, 2.24) is 20.2 Å². The molecule has 1 aliphatic heterocycles. The van der Waals surface area contributed by atoms with Crippen LogP contribution in [0, 0.1) is 0 Å². The van der Waals surface area contributed by atoms with Gasteiger partial charge in [-0.05, 0) is 18.2 Å². The van der Waals surface area contributed by atoms with Gasteiger partial charge in [-0.3, -0.25) is 9.59 Å². The van der Waals surface area contributed by atoms with Crippen molar-refractivity contribution in [2.24, 2.45) is 0 Å². The Morgan fingerprint density at radius 3 is 2.46 bits per heavy atom. The van der Waals surface area contributed by atoms with Gasteiger partial charge in [0.1, 0.15) is 17.4 Å². The molecule has 0 radical (unpaired) electrons. The maximum absolute atomic E-state index is 12.9. The predicted octanol–water partition coefficient (Wildman–Crippen LogP) is 3.01. The Bertz CT molecular complexity index is 1200. The number of halogens is 1. The Kier molecular flexibility index (Phi) is 7.67. The number of carbonyl (C=O) groups excluding carboxylic acids is 2. The maximum atomic E-state index is 12.9. The summed E-state index contributed by atoms with van der Waals surface area (Å²) in [5.74, 6) is 1.57. The second-order valence-electron chi connectivity index (χ2n) is 8.15. The summed E-state index contributed by atoms with van der Waals surface area (Å²) >= 11 is 6.01. The molecule has 1 aliphatic rings. The molecule has 3 N–H and O–H groups in total. The van der Waals surface area contributed by atoms with Gasteiger partial charge in [0.15, 0.2) is 5.82 Å². The van der Waals surface area contributed by atoms with Gasteiger partial charge in [-0.15, -0.1) is 0 Å². The van der Waals surface area contributed by atoms with Crippen LogP contribution in [0.1, 0.15) is 17.3 Å². The molecule has 4 rings (SSSR count). The lowest BCUT2D eigenvalue weighted by Gasteiger charge is -2.35. The van der Waals surface area contributed by atoms with E-state index < -0.39 is 0 Å². The molecule has 1 aromatic heterocycles. The molecule has 0 spiro atoms. The highest BCUT2D eigenvalue weighted by Gasteiger charge is 2.25. The average molecular weight is 495 g/mol. The predicted molar refractivity (Wildman–Crippen MR) is 136 cm³/mol. The molecule has 3 aromatic rings. The van der Waals surface area contributed by atoms with Crippen LogP contribution in [0.3, 0.4) is 0 Å². The molecule has 35 heavy (non-hydrogen) atoms. The first kappa shape index (κ1) is 24.3. The number of rotatable bonds is 7. The molecule has 2 amide bonds. The smallest absolute Gasteiger partial charge is 0.257 e. The molecule has 0 bridgehead atoms. The fourth-order valence-electron chi connectivity index (χ4n) is 3.82. The molecular formula is C25H27ClN6O3. The molecule has 182 valence electrons. The summed E-state index contributed by atoms with van der Waals surface area (Å²) < 4.78 is 0. The van der Waals surface area contributed by atoms with Crippen LogP contribution < -0.4 is 15.5 Å². The van der Waals surface area contributed by atoms with E-state index in [0.29, 0.717) is 55.9 Å². The Morgan fingerprint density at radius 1 is 1.00 bits per heavy atom. The first-order valence-electron chi connectivity index (χ1n) is 11.4. The zero-order chi connectivity index (χ0) is 24.8. The number of carbonyl (C=O) groups is 2. The Labute approximate surface area is 208 Å². The molecule has 10 heteroatoms. The third kappa shape index (κ3) is 6.19. The molecule has 0 saturated carbocycles. The number of amides is 2. The third-order valence-corrected chi connectivity index (χ3v) is 5.86. The van der Waals surface area contributed by atoms with Crippen LogP contribution in [0.2, 0.25) is 5.02 Å². The number of anilines is 2. The van der Waals surface area contributed by atoms with Crippen LogP contribution >= 0.6 is 11.6 Å². The topological polar surface area (TPSA) is 111 Å². The fourth-order valence-corrected chi connectivity index (χ4v) is 3.99. The Morgan fingerprint density at radius 2 is 1.74 bits per heavy atom. The molecule has 1 fully saturated rings. The summed E-state index contributed by atoms with van der Waals surface area (Å²) in [5.41, 5.74) is 1.09. The zero-order valence-electron chi connectivity index (χ0n) is 19.4. The van der Waals surface area contributed by atoms with Crippen LogP contribution in [0.25, 0.3) is 11.4 Å². The number of nitrogens with one attached hydrogen (secondary N) is 2. The number of phenolic OH excluding ortho intramolecular Hbond substituents is 1. The molecule has 9 nitrogen and oxygen atoms in total. The van der Waals surface area contributed by atoms with E-state index in [9.17, 15) is 14.7 Å². The lowest BCUT2D eigenvalue weighted by Crippen LogP contribution is -2.49. The van der Waals surface area contributed by atoms with E-state index in [2.05, 4.69) is 20.5 Å².